The third-order valence-corrected chi connectivity index (χ3v) is 3.85. The third kappa shape index (κ3) is 4.19. The van der Waals surface area contributed by atoms with Crippen molar-refractivity contribution < 1.29 is 14.6 Å². The number of unbranched alkanes of at least 4 members (excludes halogenated alkanes) is 1. The third-order valence-electron chi connectivity index (χ3n) is 3.62. The van der Waals surface area contributed by atoms with Crippen LogP contribution in [0.15, 0.2) is 41.3 Å². The van der Waals surface area contributed by atoms with E-state index in [9.17, 15) is 9.59 Å². The molecule has 0 radical (unpaired) electrons. The number of fused-ring (bicyclic) bond motifs is 1. The second-order valence-corrected chi connectivity index (χ2v) is 5.96. The SMILES string of the molecule is O=C(O)CCCCOc1cc2c(=O)[nH]c(-c3cccc(Cl)c3)cn2n1. The zero-order valence-electron chi connectivity index (χ0n) is 13.2. The molecule has 0 aliphatic carbocycles. The molecule has 0 aliphatic heterocycles. The molecule has 7 nitrogen and oxygen atoms in total. The fraction of sp³-hybridized carbons (Fsp3) is 0.235. The number of benzene rings is 1. The maximum absolute atomic E-state index is 12.3. The molecular weight excluding hydrogens is 346 g/mol. The molecule has 0 fully saturated rings. The topological polar surface area (TPSA) is 96.7 Å². The number of aliphatic carboxylic acids is 1. The lowest BCUT2D eigenvalue weighted by molar-refractivity contribution is -0.137. The second kappa shape index (κ2) is 7.40. The molecule has 0 atom stereocenters. The summed E-state index contributed by atoms with van der Waals surface area (Å²) >= 11 is 5.99. The monoisotopic (exact) mass is 361 g/mol. The van der Waals surface area contributed by atoms with Gasteiger partial charge in [-0.1, -0.05) is 23.7 Å². The van der Waals surface area contributed by atoms with Crippen molar-refractivity contribution in [1.82, 2.24) is 14.6 Å². The molecule has 0 saturated carbocycles. The fourth-order valence-corrected chi connectivity index (χ4v) is 2.60. The molecule has 8 heteroatoms. The average molecular weight is 362 g/mol. The number of aromatic amines is 1. The Balaban J connectivity index is 1.77. The molecule has 0 spiro atoms. The molecule has 0 amide bonds. The fourth-order valence-electron chi connectivity index (χ4n) is 2.41. The van der Waals surface area contributed by atoms with Crippen molar-refractivity contribution in [3.8, 4) is 17.1 Å². The number of carbonyl (C=O) groups is 1. The van der Waals surface area contributed by atoms with Crippen LogP contribution in [0.2, 0.25) is 5.02 Å². The summed E-state index contributed by atoms with van der Waals surface area (Å²) in [5.74, 6) is -0.503. The summed E-state index contributed by atoms with van der Waals surface area (Å²) in [7, 11) is 0. The normalized spacial score (nSPS) is 10.9. The second-order valence-electron chi connectivity index (χ2n) is 5.52. The highest BCUT2D eigenvalue weighted by Crippen LogP contribution is 2.21. The van der Waals surface area contributed by atoms with E-state index >= 15 is 0 Å². The van der Waals surface area contributed by atoms with Crippen LogP contribution in [0, 0.1) is 0 Å². The standard InChI is InChI=1S/C17H16ClN3O4/c18-12-5-3-4-11(8-12)13-10-21-14(17(24)19-13)9-15(20-21)25-7-2-1-6-16(22)23/h3-5,8-10H,1-2,6-7H2,(H,19,24)(H,22,23). The molecule has 3 aromatic rings. The van der Waals surface area contributed by atoms with Gasteiger partial charge >= 0.3 is 5.97 Å². The largest absolute Gasteiger partial charge is 0.481 e. The summed E-state index contributed by atoms with van der Waals surface area (Å²) in [5, 5.41) is 13.4. The van der Waals surface area contributed by atoms with Gasteiger partial charge in [0.05, 0.1) is 18.5 Å². The molecule has 0 aliphatic rings. The van der Waals surface area contributed by atoms with Crippen LogP contribution in [-0.2, 0) is 4.79 Å². The zero-order chi connectivity index (χ0) is 17.8. The van der Waals surface area contributed by atoms with Gasteiger partial charge in [-0.15, -0.1) is 5.10 Å². The van der Waals surface area contributed by atoms with Crippen molar-refractivity contribution in [3.05, 3.63) is 51.9 Å². The number of H-pyrrole nitrogens is 1. The molecule has 0 bridgehead atoms. The van der Waals surface area contributed by atoms with Gasteiger partial charge < -0.3 is 14.8 Å². The smallest absolute Gasteiger partial charge is 0.303 e. The zero-order valence-corrected chi connectivity index (χ0v) is 14.0. The minimum Gasteiger partial charge on any atom is -0.481 e. The number of hydrogen-bond donors (Lipinski definition) is 2. The first-order valence-corrected chi connectivity index (χ1v) is 8.14. The molecule has 2 heterocycles. The number of aromatic nitrogens is 3. The Morgan fingerprint density at radius 2 is 2.16 bits per heavy atom. The van der Waals surface area contributed by atoms with Gasteiger partial charge in [0.25, 0.3) is 5.56 Å². The van der Waals surface area contributed by atoms with E-state index in [2.05, 4.69) is 10.1 Å². The molecule has 0 unspecified atom stereocenters. The quantitative estimate of drug-likeness (QED) is 0.630. The molecule has 2 aromatic heterocycles. The number of rotatable bonds is 7. The van der Waals surface area contributed by atoms with Crippen LogP contribution in [0.3, 0.4) is 0 Å². The van der Waals surface area contributed by atoms with E-state index in [4.69, 9.17) is 21.4 Å². The van der Waals surface area contributed by atoms with Crippen LogP contribution in [0.4, 0.5) is 0 Å². The van der Waals surface area contributed by atoms with E-state index in [0.29, 0.717) is 41.6 Å². The van der Waals surface area contributed by atoms with E-state index in [1.165, 1.54) is 4.52 Å². The Labute approximate surface area is 147 Å². The van der Waals surface area contributed by atoms with Crippen LogP contribution < -0.4 is 10.3 Å². The van der Waals surface area contributed by atoms with Crippen LogP contribution in [-0.4, -0.2) is 32.3 Å². The number of carboxylic acids is 1. The average Bonchev–Trinajstić information content (AvgIpc) is 2.98. The highest BCUT2D eigenvalue weighted by atomic mass is 35.5. The summed E-state index contributed by atoms with van der Waals surface area (Å²) < 4.78 is 6.95. The highest BCUT2D eigenvalue weighted by Gasteiger charge is 2.09. The lowest BCUT2D eigenvalue weighted by Gasteiger charge is -2.03. The maximum Gasteiger partial charge on any atom is 0.303 e. The van der Waals surface area contributed by atoms with Crippen molar-refractivity contribution in [2.24, 2.45) is 0 Å². The van der Waals surface area contributed by atoms with Crippen molar-refractivity contribution in [2.45, 2.75) is 19.3 Å². The van der Waals surface area contributed by atoms with E-state index in [0.717, 1.165) is 5.56 Å². The molecule has 3 rings (SSSR count). The predicted molar refractivity (Wildman–Crippen MR) is 93.2 cm³/mol. The lowest BCUT2D eigenvalue weighted by Crippen LogP contribution is -2.10. The van der Waals surface area contributed by atoms with E-state index in [-0.39, 0.29) is 12.0 Å². The Morgan fingerprint density at radius 1 is 1.32 bits per heavy atom. The van der Waals surface area contributed by atoms with Crippen LogP contribution in [0.25, 0.3) is 16.8 Å². The van der Waals surface area contributed by atoms with Crippen molar-refractivity contribution in [3.63, 3.8) is 0 Å². The van der Waals surface area contributed by atoms with Gasteiger partial charge in [0, 0.05) is 23.1 Å². The first kappa shape index (κ1) is 17.0. The number of nitrogens with zero attached hydrogens (tertiary/aromatic N) is 2. The van der Waals surface area contributed by atoms with Crippen molar-refractivity contribution in [1.29, 1.82) is 0 Å². The Hall–Kier alpha value is -2.80. The van der Waals surface area contributed by atoms with Crippen molar-refractivity contribution in [2.75, 3.05) is 6.61 Å². The van der Waals surface area contributed by atoms with Crippen LogP contribution >= 0.6 is 11.6 Å². The first-order valence-electron chi connectivity index (χ1n) is 7.76. The van der Waals surface area contributed by atoms with Gasteiger partial charge in [0.15, 0.2) is 0 Å². The van der Waals surface area contributed by atoms with Gasteiger partial charge in [-0.25, -0.2) is 4.52 Å². The minimum atomic E-state index is -0.826. The minimum absolute atomic E-state index is 0.108. The number of halogens is 1. The molecule has 2 N–H and O–H groups in total. The van der Waals surface area contributed by atoms with Crippen LogP contribution in [0.1, 0.15) is 19.3 Å². The number of ether oxygens (including phenoxy) is 1. The summed E-state index contributed by atoms with van der Waals surface area (Å²) in [6, 6.07) is 8.70. The first-order chi connectivity index (χ1) is 12.0. The Bertz CT molecular complexity index is 964. The Morgan fingerprint density at radius 3 is 2.92 bits per heavy atom. The van der Waals surface area contributed by atoms with Gasteiger partial charge in [-0.2, -0.15) is 0 Å². The van der Waals surface area contributed by atoms with Crippen molar-refractivity contribution >= 4 is 23.1 Å². The van der Waals surface area contributed by atoms with Gasteiger partial charge in [-0.05, 0) is 25.0 Å². The van der Waals surface area contributed by atoms with E-state index in [1.807, 2.05) is 6.07 Å². The summed E-state index contributed by atoms with van der Waals surface area (Å²) in [6.07, 6.45) is 2.93. The van der Waals surface area contributed by atoms with Gasteiger partial charge in [0.2, 0.25) is 5.88 Å². The molecule has 130 valence electrons. The number of carboxylic acid groups (broad SMARTS) is 1. The number of nitrogens with one attached hydrogen (secondary N) is 1. The van der Waals surface area contributed by atoms with Crippen LogP contribution in [0.5, 0.6) is 5.88 Å². The predicted octanol–water partition coefficient (Wildman–Crippen LogP) is 2.98. The summed E-state index contributed by atoms with van der Waals surface area (Å²) in [4.78, 5) is 25.5. The lowest BCUT2D eigenvalue weighted by atomic mass is 10.2. The highest BCUT2D eigenvalue weighted by molar-refractivity contribution is 6.30. The molecule has 25 heavy (non-hydrogen) atoms. The molecule has 0 saturated heterocycles. The Kier molecular flexibility index (Phi) is 5.04. The van der Waals surface area contributed by atoms with E-state index in [1.54, 1.807) is 30.5 Å². The van der Waals surface area contributed by atoms with Gasteiger partial charge in [-0.3, -0.25) is 9.59 Å². The maximum atomic E-state index is 12.3. The molecular formula is C17H16ClN3O4. The number of hydrogen-bond acceptors (Lipinski definition) is 4. The summed E-state index contributed by atoms with van der Waals surface area (Å²) in [5.41, 5.74) is 1.45. The molecule has 1 aromatic carbocycles. The van der Waals surface area contributed by atoms with Gasteiger partial charge in [0.1, 0.15) is 5.52 Å². The summed E-state index contributed by atoms with van der Waals surface area (Å²) in [6.45, 7) is 0.343. The van der Waals surface area contributed by atoms with E-state index < -0.39 is 5.97 Å².